The minimum absolute atomic E-state index is 0.0930. The number of hydrogen-bond acceptors (Lipinski definition) is 3. The zero-order valence-corrected chi connectivity index (χ0v) is 13.0. The van der Waals surface area contributed by atoms with Gasteiger partial charge in [-0.15, -0.1) is 0 Å². The summed E-state index contributed by atoms with van der Waals surface area (Å²) in [4.78, 5) is 11.8. The van der Waals surface area contributed by atoms with E-state index in [9.17, 15) is 4.79 Å². The normalized spacial score (nSPS) is 18.8. The van der Waals surface area contributed by atoms with E-state index in [4.69, 9.17) is 0 Å². The van der Waals surface area contributed by atoms with Gasteiger partial charge in [0.15, 0.2) is 0 Å². The molecule has 0 saturated carbocycles. The van der Waals surface area contributed by atoms with Gasteiger partial charge in [0.1, 0.15) is 0 Å². The van der Waals surface area contributed by atoms with E-state index in [0.29, 0.717) is 11.8 Å². The molecule has 0 aliphatic carbocycles. The molecule has 20 heavy (non-hydrogen) atoms. The van der Waals surface area contributed by atoms with Gasteiger partial charge in [-0.1, -0.05) is 24.1 Å². The second kappa shape index (κ2) is 8.32. The molecule has 0 radical (unpaired) electrons. The lowest BCUT2D eigenvalue weighted by Crippen LogP contribution is -2.34. The number of thioether (sulfide) groups is 1. The fourth-order valence-corrected chi connectivity index (χ4v) is 3.25. The predicted molar refractivity (Wildman–Crippen MR) is 87.4 cm³/mol. The Kier molecular flexibility index (Phi) is 6.40. The van der Waals surface area contributed by atoms with Crippen LogP contribution in [-0.2, 0) is 4.79 Å². The standard InChI is InChI=1S/C16H24N2OS/c1-13-5-7-15(8-6-13)18-16(19)12-20-11-9-14-4-2-3-10-17-14/h5-8,14,17H,2-4,9-12H2,1H3,(H,18,19). The Bertz CT molecular complexity index is 413. The Morgan fingerprint density at radius 2 is 2.15 bits per heavy atom. The highest BCUT2D eigenvalue weighted by atomic mass is 32.2. The van der Waals surface area contributed by atoms with E-state index in [2.05, 4.69) is 10.6 Å². The van der Waals surface area contributed by atoms with Crippen molar-refractivity contribution in [3.05, 3.63) is 29.8 Å². The Morgan fingerprint density at radius 3 is 2.85 bits per heavy atom. The number of aryl methyl sites for hydroxylation is 1. The summed E-state index contributed by atoms with van der Waals surface area (Å²) in [6.45, 7) is 3.20. The van der Waals surface area contributed by atoms with E-state index in [1.807, 2.05) is 31.2 Å². The number of amides is 1. The first-order chi connectivity index (χ1) is 9.74. The van der Waals surface area contributed by atoms with Gasteiger partial charge >= 0.3 is 0 Å². The Balaban J connectivity index is 1.59. The first-order valence-corrected chi connectivity index (χ1v) is 8.57. The number of rotatable bonds is 6. The zero-order chi connectivity index (χ0) is 14.2. The third kappa shape index (κ3) is 5.55. The summed E-state index contributed by atoms with van der Waals surface area (Å²) in [7, 11) is 0. The highest BCUT2D eigenvalue weighted by Crippen LogP contribution is 2.14. The quantitative estimate of drug-likeness (QED) is 0.791. The van der Waals surface area contributed by atoms with Crippen molar-refractivity contribution in [1.82, 2.24) is 5.32 Å². The number of carbonyl (C=O) groups excluding carboxylic acids is 1. The molecule has 1 amide bonds. The SMILES string of the molecule is Cc1ccc(NC(=O)CSCCC2CCCCN2)cc1. The lowest BCUT2D eigenvalue weighted by atomic mass is 10.0. The van der Waals surface area contributed by atoms with Crippen molar-refractivity contribution in [3.63, 3.8) is 0 Å². The molecule has 2 rings (SSSR count). The van der Waals surface area contributed by atoms with E-state index < -0.39 is 0 Å². The summed E-state index contributed by atoms with van der Waals surface area (Å²) < 4.78 is 0. The molecular weight excluding hydrogens is 268 g/mol. The molecule has 1 saturated heterocycles. The molecule has 0 spiro atoms. The van der Waals surface area contributed by atoms with Gasteiger partial charge < -0.3 is 10.6 Å². The van der Waals surface area contributed by atoms with Crippen LogP contribution in [0, 0.1) is 6.92 Å². The number of anilines is 1. The molecule has 1 aromatic rings. The predicted octanol–water partition coefficient (Wildman–Crippen LogP) is 3.20. The van der Waals surface area contributed by atoms with Gasteiger partial charge in [-0.05, 0) is 50.6 Å². The maximum Gasteiger partial charge on any atom is 0.234 e. The minimum Gasteiger partial charge on any atom is -0.325 e. The average molecular weight is 292 g/mol. The van der Waals surface area contributed by atoms with Crippen LogP contribution < -0.4 is 10.6 Å². The molecule has 110 valence electrons. The highest BCUT2D eigenvalue weighted by molar-refractivity contribution is 7.99. The summed E-state index contributed by atoms with van der Waals surface area (Å²) >= 11 is 1.73. The summed E-state index contributed by atoms with van der Waals surface area (Å²) in [6.07, 6.45) is 5.11. The Hall–Kier alpha value is -1.00. The Labute approximate surface area is 125 Å². The van der Waals surface area contributed by atoms with Gasteiger partial charge in [0.05, 0.1) is 5.75 Å². The fraction of sp³-hybridized carbons (Fsp3) is 0.562. The first-order valence-electron chi connectivity index (χ1n) is 7.42. The number of carbonyl (C=O) groups is 1. The van der Waals surface area contributed by atoms with Crippen molar-refractivity contribution in [2.45, 2.75) is 38.6 Å². The molecule has 1 atom stereocenters. The minimum atomic E-state index is 0.0930. The van der Waals surface area contributed by atoms with Crippen LogP contribution in [-0.4, -0.2) is 30.0 Å². The molecule has 0 aromatic heterocycles. The van der Waals surface area contributed by atoms with Crippen molar-refractivity contribution in [2.75, 3.05) is 23.4 Å². The second-order valence-corrected chi connectivity index (χ2v) is 6.51. The van der Waals surface area contributed by atoms with Crippen molar-refractivity contribution in [3.8, 4) is 0 Å². The van der Waals surface area contributed by atoms with Crippen LogP contribution in [0.15, 0.2) is 24.3 Å². The van der Waals surface area contributed by atoms with Crippen molar-refractivity contribution in [1.29, 1.82) is 0 Å². The van der Waals surface area contributed by atoms with Crippen LogP contribution in [0.1, 0.15) is 31.2 Å². The third-order valence-corrected chi connectivity index (χ3v) is 4.58. The first kappa shape index (κ1) is 15.4. The van der Waals surface area contributed by atoms with E-state index in [-0.39, 0.29) is 5.91 Å². The Morgan fingerprint density at radius 1 is 1.35 bits per heavy atom. The van der Waals surface area contributed by atoms with E-state index in [0.717, 1.165) is 18.0 Å². The summed E-state index contributed by atoms with van der Waals surface area (Å²) in [6, 6.07) is 8.58. The lowest BCUT2D eigenvalue weighted by Gasteiger charge is -2.23. The molecule has 1 aromatic carbocycles. The maximum atomic E-state index is 11.8. The van der Waals surface area contributed by atoms with Gasteiger partial charge in [0.25, 0.3) is 0 Å². The number of nitrogens with one attached hydrogen (secondary N) is 2. The van der Waals surface area contributed by atoms with Crippen LogP contribution in [0.5, 0.6) is 0 Å². The topological polar surface area (TPSA) is 41.1 Å². The third-order valence-electron chi connectivity index (χ3n) is 3.59. The molecule has 1 aliphatic heterocycles. The van der Waals surface area contributed by atoms with Crippen molar-refractivity contribution < 1.29 is 4.79 Å². The average Bonchev–Trinajstić information content (AvgIpc) is 2.47. The monoisotopic (exact) mass is 292 g/mol. The maximum absolute atomic E-state index is 11.8. The van der Waals surface area contributed by atoms with Crippen LogP contribution in [0.25, 0.3) is 0 Å². The molecule has 2 N–H and O–H groups in total. The number of piperidine rings is 1. The molecule has 0 bridgehead atoms. The highest BCUT2D eigenvalue weighted by Gasteiger charge is 2.12. The van der Waals surface area contributed by atoms with Gasteiger partial charge in [0.2, 0.25) is 5.91 Å². The lowest BCUT2D eigenvalue weighted by molar-refractivity contribution is -0.113. The van der Waals surface area contributed by atoms with Crippen LogP contribution in [0.3, 0.4) is 0 Å². The van der Waals surface area contributed by atoms with Gasteiger partial charge in [-0.25, -0.2) is 0 Å². The zero-order valence-electron chi connectivity index (χ0n) is 12.2. The molecule has 1 aliphatic rings. The van der Waals surface area contributed by atoms with Gasteiger partial charge in [-0.3, -0.25) is 4.79 Å². The van der Waals surface area contributed by atoms with Crippen molar-refractivity contribution in [2.24, 2.45) is 0 Å². The summed E-state index contributed by atoms with van der Waals surface area (Å²) in [5.41, 5.74) is 2.09. The van der Waals surface area contributed by atoms with Crippen LogP contribution in [0.2, 0.25) is 0 Å². The van der Waals surface area contributed by atoms with Crippen molar-refractivity contribution >= 4 is 23.4 Å². The van der Waals surface area contributed by atoms with Gasteiger partial charge in [0, 0.05) is 11.7 Å². The van der Waals surface area contributed by atoms with E-state index in [1.54, 1.807) is 11.8 Å². The summed E-state index contributed by atoms with van der Waals surface area (Å²) in [5.74, 6) is 1.69. The molecular formula is C16H24N2OS. The number of benzene rings is 1. The fourth-order valence-electron chi connectivity index (χ4n) is 2.39. The molecule has 3 nitrogen and oxygen atoms in total. The molecule has 1 heterocycles. The molecule has 1 unspecified atom stereocenters. The van der Waals surface area contributed by atoms with Crippen LogP contribution >= 0.6 is 11.8 Å². The second-order valence-electron chi connectivity index (χ2n) is 5.40. The number of hydrogen-bond donors (Lipinski definition) is 2. The summed E-state index contributed by atoms with van der Waals surface area (Å²) in [5, 5.41) is 6.47. The van der Waals surface area contributed by atoms with Crippen LogP contribution in [0.4, 0.5) is 5.69 Å². The van der Waals surface area contributed by atoms with E-state index >= 15 is 0 Å². The molecule has 1 fully saturated rings. The smallest absolute Gasteiger partial charge is 0.234 e. The van der Waals surface area contributed by atoms with E-state index in [1.165, 1.54) is 31.2 Å². The van der Waals surface area contributed by atoms with Gasteiger partial charge in [-0.2, -0.15) is 11.8 Å². The molecule has 4 heteroatoms. The largest absolute Gasteiger partial charge is 0.325 e.